The average molecular weight is 293 g/mol. The molecule has 5 heteroatoms. The van der Waals surface area contributed by atoms with Gasteiger partial charge in [0.1, 0.15) is 0 Å². The maximum atomic E-state index is 11.7. The third-order valence-electron chi connectivity index (χ3n) is 2.15. The van der Waals surface area contributed by atoms with Crippen LogP contribution in [0.25, 0.3) is 0 Å². The van der Waals surface area contributed by atoms with Gasteiger partial charge in [0.2, 0.25) is 0 Å². The van der Waals surface area contributed by atoms with Gasteiger partial charge in [-0.25, -0.2) is 0 Å². The number of benzene rings is 1. The van der Waals surface area contributed by atoms with Crippen molar-refractivity contribution in [2.45, 2.75) is 6.92 Å². The number of anilines is 2. The molecule has 0 saturated heterocycles. The van der Waals surface area contributed by atoms with Crippen LogP contribution in [-0.2, 0) is 4.79 Å². The van der Waals surface area contributed by atoms with Crippen LogP contribution >= 0.6 is 0 Å². The number of carbonyl (C=O) groups is 2. The van der Waals surface area contributed by atoms with Gasteiger partial charge in [-0.05, 0) is 0 Å². The van der Waals surface area contributed by atoms with Gasteiger partial charge < -0.3 is 0 Å². The van der Waals surface area contributed by atoms with Crippen molar-refractivity contribution in [3.63, 3.8) is 0 Å². The molecule has 0 saturated carbocycles. The third kappa shape index (κ3) is 2.52. The molecule has 0 fully saturated rings. The number of carbonyl (C=O) groups excluding carboxylic acids is 2. The molecule has 0 radical (unpaired) electrons. The van der Waals surface area contributed by atoms with Crippen LogP contribution in [0, 0.1) is 0 Å². The van der Waals surface area contributed by atoms with Gasteiger partial charge in [0, 0.05) is 0 Å². The van der Waals surface area contributed by atoms with Crippen molar-refractivity contribution >= 4 is 37.1 Å². The van der Waals surface area contributed by atoms with E-state index in [2.05, 4.69) is 4.98 Å². The van der Waals surface area contributed by atoms with E-state index in [0.29, 0.717) is 16.7 Å². The first-order valence-corrected chi connectivity index (χ1v) is 6.83. The van der Waals surface area contributed by atoms with Crippen molar-refractivity contribution in [3.8, 4) is 0 Å². The molecule has 0 atom stereocenters. The van der Waals surface area contributed by atoms with Crippen molar-refractivity contribution in [1.82, 2.24) is 4.98 Å². The van der Waals surface area contributed by atoms with Gasteiger partial charge in [-0.1, -0.05) is 0 Å². The molecular formula is C12H10N2O2Se. The summed E-state index contributed by atoms with van der Waals surface area (Å²) in [7, 11) is 0. The van der Waals surface area contributed by atoms with E-state index in [1.54, 1.807) is 9.84 Å². The van der Waals surface area contributed by atoms with E-state index in [9.17, 15) is 9.59 Å². The molecule has 1 aromatic carbocycles. The molecule has 2 aromatic rings. The first-order chi connectivity index (χ1) is 8.22. The van der Waals surface area contributed by atoms with E-state index in [0.717, 1.165) is 5.69 Å². The average Bonchev–Trinajstić information content (AvgIpc) is 2.79. The normalized spacial score (nSPS) is 9.94. The third-order valence-corrected chi connectivity index (χ3v) is 3.92. The Kier molecular flexibility index (Phi) is 3.52. The van der Waals surface area contributed by atoms with E-state index in [-0.39, 0.29) is 20.4 Å². The zero-order chi connectivity index (χ0) is 12.3. The van der Waals surface area contributed by atoms with Crippen molar-refractivity contribution < 1.29 is 9.59 Å². The summed E-state index contributed by atoms with van der Waals surface area (Å²) in [5.74, 6) is -0.0997. The zero-order valence-electron chi connectivity index (χ0n) is 9.16. The summed E-state index contributed by atoms with van der Waals surface area (Å²) in [6.07, 6.45) is 0.706. The number of aromatic nitrogens is 1. The molecule has 0 bridgehead atoms. The molecule has 0 unspecified atom stereocenters. The molecule has 0 aliphatic carbocycles. The fourth-order valence-electron chi connectivity index (χ4n) is 1.44. The molecular weight excluding hydrogens is 283 g/mol. The van der Waals surface area contributed by atoms with Gasteiger partial charge in [0.05, 0.1) is 0 Å². The minimum absolute atomic E-state index is 0.0717. The maximum absolute atomic E-state index is 11.7. The van der Waals surface area contributed by atoms with Crippen LogP contribution in [0.2, 0.25) is 0 Å². The Morgan fingerprint density at radius 1 is 1.35 bits per heavy atom. The number of nitrogens with zero attached hydrogens (tertiary/aromatic N) is 2. The van der Waals surface area contributed by atoms with Crippen molar-refractivity contribution in [3.05, 3.63) is 41.0 Å². The predicted molar refractivity (Wildman–Crippen MR) is 65.8 cm³/mol. The molecule has 17 heavy (non-hydrogen) atoms. The molecule has 0 spiro atoms. The summed E-state index contributed by atoms with van der Waals surface area (Å²) in [6.45, 7) is 1.49. The minimum atomic E-state index is -0.0997. The monoisotopic (exact) mass is 294 g/mol. The van der Waals surface area contributed by atoms with Gasteiger partial charge in [-0.3, -0.25) is 0 Å². The van der Waals surface area contributed by atoms with Crippen LogP contribution < -0.4 is 4.90 Å². The fraction of sp³-hybridized carbons (Fsp3) is 0.0833. The Bertz CT molecular complexity index is 536. The van der Waals surface area contributed by atoms with Crippen LogP contribution in [0.3, 0.4) is 0 Å². The van der Waals surface area contributed by atoms with Gasteiger partial charge in [0.15, 0.2) is 0 Å². The van der Waals surface area contributed by atoms with E-state index < -0.39 is 0 Å². The number of aldehydes is 1. The van der Waals surface area contributed by atoms with Gasteiger partial charge in [-0.2, -0.15) is 0 Å². The van der Waals surface area contributed by atoms with Crippen molar-refractivity contribution in [1.29, 1.82) is 0 Å². The topological polar surface area (TPSA) is 50.3 Å². The summed E-state index contributed by atoms with van der Waals surface area (Å²) in [5.41, 5.74) is 1.18. The Morgan fingerprint density at radius 2 is 2.06 bits per heavy atom. The second-order valence-corrected chi connectivity index (χ2v) is 5.12. The number of hydrogen-bond donors (Lipinski definition) is 0. The summed E-state index contributed by atoms with van der Waals surface area (Å²) < 4.78 is 0.651. The molecule has 2 rings (SSSR count). The molecule has 1 heterocycles. The predicted octanol–water partition coefficient (Wildman–Crippen LogP) is 1.64. The van der Waals surface area contributed by atoms with E-state index in [1.807, 2.05) is 30.3 Å². The van der Waals surface area contributed by atoms with E-state index in [1.165, 1.54) is 6.92 Å². The van der Waals surface area contributed by atoms with E-state index in [4.69, 9.17) is 0 Å². The van der Waals surface area contributed by atoms with Gasteiger partial charge >= 0.3 is 104 Å². The molecule has 86 valence electrons. The molecule has 1 amide bonds. The summed E-state index contributed by atoms with van der Waals surface area (Å²) in [5, 5.41) is 0. The van der Waals surface area contributed by atoms with Gasteiger partial charge in [0.25, 0.3) is 0 Å². The molecule has 0 N–H and O–H groups in total. The van der Waals surface area contributed by atoms with Gasteiger partial charge in [-0.15, -0.1) is 0 Å². The molecule has 0 aliphatic rings. The standard InChI is InChI=1S/C12H10N2O2Se/c1-9(16)14(11-5-3-2-4-6-11)12-13-10(7-15)8-17-12/h2-8H,1H3. The van der Waals surface area contributed by atoms with Crippen LogP contribution in [0.15, 0.2) is 35.3 Å². The summed E-state index contributed by atoms with van der Waals surface area (Å²) >= 11 is -0.0717. The van der Waals surface area contributed by atoms with Crippen LogP contribution in [0.4, 0.5) is 10.4 Å². The summed E-state index contributed by atoms with van der Waals surface area (Å²) in [6, 6.07) is 9.31. The van der Waals surface area contributed by atoms with Crippen LogP contribution in [0.5, 0.6) is 0 Å². The summed E-state index contributed by atoms with van der Waals surface area (Å²) in [4.78, 5) is 29.8. The second-order valence-electron chi connectivity index (χ2n) is 3.36. The number of rotatable bonds is 3. The zero-order valence-corrected chi connectivity index (χ0v) is 10.9. The van der Waals surface area contributed by atoms with Crippen molar-refractivity contribution in [2.24, 2.45) is 0 Å². The Labute approximate surface area is 105 Å². The van der Waals surface area contributed by atoms with E-state index >= 15 is 0 Å². The Balaban J connectivity index is 2.42. The first-order valence-electron chi connectivity index (χ1n) is 4.99. The molecule has 0 aliphatic heterocycles. The fourth-order valence-corrected chi connectivity index (χ4v) is 3.18. The van der Waals surface area contributed by atoms with Crippen LogP contribution in [0.1, 0.15) is 17.4 Å². The Morgan fingerprint density at radius 3 is 2.59 bits per heavy atom. The number of para-hydroxylation sites is 1. The first kappa shape index (κ1) is 11.8. The quantitative estimate of drug-likeness (QED) is 0.638. The number of hydrogen-bond acceptors (Lipinski definition) is 3. The molecule has 4 nitrogen and oxygen atoms in total. The Hall–Kier alpha value is -1.71. The van der Waals surface area contributed by atoms with Crippen LogP contribution in [-0.4, -0.2) is 31.7 Å². The van der Waals surface area contributed by atoms with Crippen molar-refractivity contribution in [2.75, 3.05) is 4.90 Å². The molecule has 1 aromatic heterocycles. The number of amides is 1. The SMILES string of the molecule is CC(=O)N(c1ccccc1)c1nc(C=O)c[se]1. The second kappa shape index (κ2) is 5.08.